The summed E-state index contributed by atoms with van der Waals surface area (Å²) in [6.07, 6.45) is 4.37. The van der Waals surface area contributed by atoms with E-state index in [9.17, 15) is 0 Å². The van der Waals surface area contributed by atoms with Gasteiger partial charge in [0.25, 0.3) is 0 Å². The summed E-state index contributed by atoms with van der Waals surface area (Å²) >= 11 is 0. The molecule has 0 aromatic carbocycles. The molecule has 1 atom stereocenters. The lowest BCUT2D eigenvalue weighted by molar-refractivity contribution is 0.197. The SMILES string of the molecule is Cc1nn(C(C)C)c(C)c1CN1CCCC(c2ccn(CCO)n2)C1. The van der Waals surface area contributed by atoms with Gasteiger partial charge in [0.15, 0.2) is 0 Å². The van der Waals surface area contributed by atoms with Gasteiger partial charge in [-0.25, -0.2) is 0 Å². The van der Waals surface area contributed by atoms with Crippen LogP contribution in [0.3, 0.4) is 0 Å². The summed E-state index contributed by atoms with van der Waals surface area (Å²) in [6, 6.07) is 2.51. The third-order valence-electron chi connectivity index (χ3n) is 5.26. The number of aromatic nitrogens is 4. The molecule has 2 aromatic rings. The molecule has 0 aliphatic carbocycles. The first-order chi connectivity index (χ1) is 12.0. The first kappa shape index (κ1) is 18.1. The molecule has 25 heavy (non-hydrogen) atoms. The van der Waals surface area contributed by atoms with Crippen LogP contribution < -0.4 is 0 Å². The molecule has 1 saturated heterocycles. The Balaban J connectivity index is 1.69. The van der Waals surface area contributed by atoms with Gasteiger partial charge in [-0.05, 0) is 53.1 Å². The molecule has 1 unspecified atom stereocenters. The van der Waals surface area contributed by atoms with E-state index in [0.717, 1.165) is 31.0 Å². The summed E-state index contributed by atoms with van der Waals surface area (Å²) in [5, 5.41) is 18.4. The van der Waals surface area contributed by atoms with Crippen LogP contribution in [0.15, 0.2) is 12.3 Å². The highest BCUT2D eigenvalue weighted by Gasteiger charge is 2.25. The summed E-state index contributed by atoms with van der Waals surface area (Å²) in [5.41, 5.74) is 4.98. The van der Waals surface area contributed by atoms with Crippen LogP contribution in [0, 0.1) is 13.8 Å². The number of nitrogens with zero attached hydrogens (tertiary/aromatic N) is 5. The molecule has 6 heteroatoms. The van der Waals surface area contributed by atoms with E-state index in [1.165, 1.54) is 24.1 Å². The second kappa shape index (κ2) is 7.70. The van der Waals surface area contributed by atoms with E-state index in [-0.39, 0.29) is 6.61 Å². The fraction of sp³-hybridized carbons (Fsp3) is 0.684. The monoisotopic (exact) mass is 345 g/mol. The van der Waals surface area contributed by atoms with Crippen molar-refractivity contribution in [2.45, 2.75) is 65.6 Å². The maximum Gasteiger partial charge on any atom is 0.0668 e. The highest BCUT2D eigenvalue weighted by molar-refractivity contribution is 5.25. The van der Waals surface area contributed by atoms with Crippen molar-refractivity contribution in [3.63, 3.8) is 0 Å². The van der Waals surface area contributed by atoms with Crippen molar-refractivity contribution in [2.24, 2.45) is 0 Å². The Morgan fingerprint density at radius 3 is 2.76 bits per heavy atom. The Labute approximate surface area is 150 Å². The summed E-state index contributed by atoms with van der Waals surface area (Å²) in [4.78, 5) is 2.54. The van der Waals surface area contributed by atoms with Gasteiger partial charge in [-0.3, -0.25) is 14.3 Å². The minimum atomic E-state index is 0.135. The Morgan fingerprint density at radius 2 is 2.08 bits per heavy atom. The van der Waals surface area contributed by atoms with Crippen molar-refractivity contribution < 1.29 is 5.11 Å². The minimum absolute atomic E-state index is 0.135. The highest BCUT2D eigenvalue weighted by atomic mass is 16.3. The number of aliphatic hydroxyl groups is 1. The molecular formula is C19H31N5O. The predicted octanol–water partition coefficient (Wildman–Crippen LogP) is 2.65. The van der Waals surface area contributed by atoms with Crippen LogP contribution in [0.2, 0.25) is 0 Å². The maximum absolute atomic E-state index is 9.06. The smallest absolute Gasteiger partial charge is 0.0668 e. The minimum Gasteiger partial charge on any atom is -0.394 e. The van der Waals surface area contributed by atoms with Crippen LogP contribution in [0.1, 0.15) is 61.3 Å². The maximum atomic E-state index is 9.06. The molecule has 1 aliphatic rings. The summed E-state index contributed by atoms with van der Waals surface area (Å²) < 4.78 is 3.98. The molecule has 2 aromatic heterocycles. The molecule has 1 N–H and O–H groups in total. The molecule has 0 bridgehead atoms. The Hall–Kier alpha value is -1.66. The van der Waals surface area contributed by atoms with Crippen molar-refractivity contribution in [1.82, 2.24) is 24.5 Å². The molecule has 0 saturated carbocycles. The van der Waals surface area contributed by atoms with Gasteiger partial charge in [0.1, 0.15) is 0 Å². The van der Waals surface area contributed by atoms with Crippen molar-refractivity contribution in [3.05, 3.63) is 34.9 Å². The average molecular weight is 345 g/mol. The topological polar surface area (TPSA) is 59.1 Å². The number of piperidine rings is 1. The molecular weight excluding hydrogens is 314 g/mol. The zero-order valence-corrected chi connectivity index (χ0v) is 15.9. The summed E-state index contributed by atoms with van der Waals surface area (Å²) in [5.74, 6) is 0.481. The third-order valence-corrected chi connectivity index (χ3v) is 5.26. The van der Waals surface area contributed by atoms with E-state index < -0.39 is 0 Å². The largest absolute Gasteiger partial charge is 0.394 e. The Bertz CT molecular complexity index is 703. The number of likely N-dealkylation sites (tertiary alicyclic amines) is 1. The normalized spacial score (nSPS) is 19.0. The molecule has 138 valence electrons. The van der Waals surface area contributed by atoms with Crippen molar-refractivity contribution >= 4 is 0 Å². The van der Waals surface area contributed by atoms with Gasteiger partial charge in [-0.1, -0.05) is 0 Å². The number of aliphatic hydroxyl groups excluding tert-OH is 1. The van der Waals surface area contributed by atoms with Gasteiger partial charge < -0.3 is 5.11 Å². The van der Waals surface area contributed by atoms with Crippen LogP contribution in [0.5, 0.6) is 0 Å². The highest BCUT2D eigenvalue weighted by Crippen LogP contribution is 2.28. The second-order valence-electron chi connectivity index (χ2n) is 7.49. The lowest BCUT2D eigenvalue weighted by Crippen LogP contribution is -2.34. The third kappa shape index (κ3) is 3.96. The lowest BCUT2D eigenvalue weighted by atomic mass is 9.94. The Morgan fingerprint density at radius 1 is 1.28 bits per heavy atom. The van der Waals surface area contributed by atoms with E-state index in [4.69, 9.17) is 10.2 Å². The molecule has 1 aliphatic heterocycles. The first-order valence-corrected chi connectivity index (χ1v) is 9.40. The molecule has 0 spiro atoms. The lowest BCUT2D eigenvalue weighted by Gasteiger charge is -2.32. The van der Waals surface area contributed by atoms with Gasteiger partial charge in [-0.2, -0.15) is 10.2 Å². The Kier molecular flexibility index (Phi) is 5.59. The van der Waals surface area contributed by atoms with E-state index in [1.54, 1.807) is 0 Å². The fourth-order valence-electron chi connectivity index (χ4n) is 3.91. The predicted molar refractivity (Wildman–Crippen MR) is 98.7 cm³/mol. The zero-order valence-electron chi connectivity index (χ0n) is 15.9. The zero-order chi connectivity index (χ0) is 18.0. The summed E-state index contributed by atoms with van der Waals surface area (Å²) in [7, 11) is 0. The second-order valence-corrected chi connectivity index (χ2v) is 7.49. The van der Waals surface area contributed by atoms with Crippen molar-refractivity contribution in [3.8, 4) is 0 Å². The van der Waals surface area contributed by atoms with E-state index in [2.05, 4.69) is 48.4 Å². The van der Waals surface area contributed by atoms with Gasteiger partial charge in [0.2, 0.25) is 0 Å². The molecule has 0 amide bonds. The summed E-state index contributed by atoms with van der Waals surface area (Å²) in [6.45, 7) is 12.5. The quantitative estimate of drug-likeness (QED) is 0.874. The molecule has 6 nitrogen and oxygen atoms in total. The van der Waals surface area contributed by atoms with Gasteiger partial charge in [-0.15, -0.1) is 0 Å². The van der Waals surface area contributed by atoms with E-state index >= 15 is 0 Å². The van der Waals surface area contributed by atoms with Gasteiger partial charge in [0.05, 0.1) is 24.5 Å². The van der Waals surface area contributed by atoms with Crippen LogP contribution in [0.25, 0.3) is 0 Å². The fourth-order valence-corrected chi connectivity index (χ4v) is 3.91. The van der Waals surface area contributed by atoms with Crippen LogP contribution in [-0.2, 0) is 13.1 Å². The number of aryl methyl sites for hydroxylation is 1. The van der Waals surface area contributed by atoms with E-state index in [1.807, 2.05) is 10.9 Å². The van der Waals surface area contributed by atoms with Crippen molar-refractivity contribution in [1.29, 1.82) is 0 Å². The van der Waals surface area contributed by atoms with Crippen LogP contribution >= 0.6 is 0 Å². The average Bonchev–Trinajstić information content (AvgIpc) is 3.15. The van der Waals surface area contributed by atoms with Crippen LogP contribution in [-0.4, -0.2) is 49.3 Å². The van der Waals surface area contributed by atoms with Crippen LogP contribution in [0.4, 0.5) is 0 Å². The number of rotatable bonds is 6. The molecule has 3 rings (SSSR count). The standard InChI is InChI=1S/C19H31N5O/c1-14(2)24-16(4)18(15(3)20-24)13-22-8-5-6-17(12-22)19-7-9-23(21-19)10-11-25/h7,9,14,17,25H,5-6,8,10-13H2,1-4H3. The molecule has 1 fully saturated rings. The molecule has 0 radical (unpaired) electrons. The van der Waals surface area contributed by atoms with Gasteiger partial charge >= 0.3 is 0 Å². The molecule has 3 heterocycles. The number of hydrogen-bond donors (Lipinski definition) is 1. The van der Waals surface area contributed by atoms with E-state index in [0.29, 0.717) is 18.5 Å². The first-order valence-electron chi connectivity index (χ1n) is 9.40. The van der Waals surface area contributed by atoms with Crippen molar-refractivity contribution in [2.75, 3.05) is 19.7 Å². The number of hydrogen-bond acceptors (Lipinski definition) is 4. The van der Waals surface area contributed by atoms with Gasteiger partial charge in [0, 0.05) is 42.5 Å².